The minimum absolute atomic E-state index is 0.0163. The van der Waals surface area contributed by atoms with Crippen LogP contribution in [-0.4, -0.2) is 29.8 Å². The van der Waals surface area contributed by atoms with Gasteiger partial charge in [0.25, 0.3) is 0 Å². The van der Waals surface area contributed by atoms with E-state index in [1.165, 1.54) is 6.42 Å². The second-order valence-corrected chi connectivity index (χ2v) is 5.32. The molecule has 2 rings (SSSR count). The maximum absolute atomic E-state index is 11.9. The van der Waals surface area contributed by atoms with E-state index >= 15 is 0 Å². The fourth-order valence-electron chi connectivity index (χ4n) is 2.42. The molecule has 0 unspecified atom stereocenters. The van der Waals surface area contributed by atoms with Crippen molar-refractivity contribution in [3.8, 4) is 5.75 Å². The normalized spacial score (nSPS) is 15.6. The summed E-state index contributed by atoms with van der Waals surface area (Å²) in [7, 11) is 0. The highest BCUT2D eigenvalue weighted by atomic mass is 16.5. The molecular formula is C16H20N2O4. The standard InChI is InChI=1S/C16H20N2O4/c19-15(20)11-22-14-8-6-12(7-9-14)10-17-18-16(21)13-4-2-1-3-5-13/h6-10,13H,1-5,11H2,(H,18,21)(H,19,20)/b17-10-. The number of ether oxygens (including phenoxy) is 1. The summed E-state index contributed by atoms with van der Waals surface area (Å²) in [6.07, 6.45) is 6.87. The van der Waals surface area contributed by atoms with E-state index in [2.05, 4.69) is 10.5 Å². The largest absolute Gasteiger partial charge is 0.482 e. The van der Waals surface area contributed by atoms with Crippen molar-refractivity contribution >= 4 is 18.1 Å². The third-order valence-electron chi connectivity index (χ3n) is 3.61. The first-order chi connectivity index (χ1) is 10.6. The summed E-state index contributed by atoms with van der Waals surface area (Å²) in [5.41, 5.74) is 3.37. The Bertz CT molecular complexity index is 534. The van der Waals surface area contributed by atoms with Crippen LogP contribution in [-0.2, 0) is 9.59 Å². The van der Waals surface area contributed by atoms with Gasteiger partial charge in [0.15, 0.2) is 6.61 Å². The van der Waals surface area contributed by atoms with Gasteiger partial charge in [0.05, 0.1) is 6.21 Å². The van der Waals surface area contributed by atoms with Crippen molar-refractivity contribution in [1.82, 2.24) is 5.43 Å². The average Bonchev–Trinajstić information content (AvgIpc) is 2.55. The van der Waals surface area contributed by atoms with E-state index in [9.17, 15) is 9.59 Å². The summed E-state index contributed by atoms with van der Waals surface area (Å²) in [5.74, 6) is -0.475. The third-order valence-corrected chi connectivity index (χ3v) is 3.61. The van der Waals surface area contributed by atoms with E-state index < -0.39 is 5.97 Å². The van der Waals surface area contributed by atoms with Crippen molar-refractivity contribution < 1.29 is 19.4 Å². The van der Waals surface area contributed by atoms with Crippen LogP contribution in [0.5, 0.6) is 5.75 Å². The highest BCUT2D eigenvalue weighted by Gasteiger charge is 2.20. The molecule has 1 aliphatic carbocycles. The van der Waals surface area contributed by atoms with Crippen molar-refractivity contribution in [3.63, 3.8) is 0 Å². The molecule has 0 bridgehead atoms. The van der Waals surface area contributed by atoms with Gasteiger partial charge in [-0.05, 0) is 42.7 Å². The second-order valence-electron chi connectivity index (χ2n) is 5.32. The van der Waals surface area contributed by atoms with E-state index in [0.717, 1.165) is 31.2 Å². The number of benzene rings is 1. The first-order valence-corrected chi connectivity index (χ1v) is 7.43. The molecule has 1 aromatic rings. The number of hydrogen-bond acceptors (Lipinski definition) is 4. The van der Waals surface area contributed by atoms with E-state index in [-0.39, 0.29) is 18.4 Å². The number of nitrogens with one attached hydrogen (secondary N) is 1. The Hall–Kier alpha value is -2.37. The number of carboxylic acids is 1. The number of carbonyl (C=O) groups excluding carboxylic acids is 1. The van der Waals surface area contributed by atoms with Crippen molar-refractivity contribution in [2.75, 3.05) is 6.61 Å². The predicted octanol–water partition coefficient (Wildman–Crippen LogP) is 2.18. The molecule has 22 heavy (non-hydrogen) atoms. The predicted molar refractivity (Wildman–Crippen MR) is 81.9 cm³/mol. The number of carbonyl (C=O) groups is 2. The maximum Gasteiger partial charge on any atom is 0.341 e. The molecule has 1 saturated carbocycles. The van der Waals surface area contributed by atoms with Crippen LogP contribution < -0.4 is 10.2 Å². The van der Waals surface area contributed by atoms with E-state index in [1.807, 2.05) is 0 Å². The van der Waals surface area contributed by atoms with Gasteiger partial charge in [-0.2, -0.15) is 5.10 Å². The van der Waals surface area contributed by atoms with Gasteiger partial charge in [0, 0.05) is 5.92 Å². The zero-order valence-corrected chi connectivity index (χ0v) is 12.3. The zero-order valence-electron chi connectivity index (χ0n) is 12.3. The molecule has 0 radical (unpaired) electrons. The van der Waals surface area contributed by atoms with Crippen LogP contribution in [0.3, 0.4) is 0 Å². The van der Waals surface area contributed by atoms with Crippen molar-refractivity contribution in [2.45, 2.75) is 32.1 Å². The van der Waals surface area contributed by atoms with E-state index in [4.69, 9.17) is 9.84 Å². The van der Waals surface area contributed by atoms with Crippen LogP contribution >= 0.6 is 0 Å². The highest BCUT2D eigenvalue weighted by molar-refractivity contribution is 5.83. The van der Waals surface area contributed by atoms with Crippen LogP contribution in [0, 0.1) is 5.92 Å². The molecule has 1 aromatic carbocycles. The Morgan fingerprint density at radius 2 is 1.91 bits per heavy atom. The molecule has 2 N–H and O–H groups in total. The monoisotopic (exact) mass is 304 g/mol. The summed E-state index contributed by atoms with van der Waals surface area (Å²) in [5, 5.41) is 12.5. The number of aliphatic carboxylic acids is 1. The number of amides is 1. The Morgan fingerprint density at radius 1 is 1.23 bits per heavy atom. The Balaban J connectivity index is 1.79. The van der Waals surface area contributed by atoms with Gasteiger partial charge < -0.3 is 9.84 Å². The summed E-state index contributed by atoms with van der Waals surface area (Å²) in [6, 6.07) is 6.81. The number of carboxylic acid groups (broad SMARTS) is 1. The highest BCUT2D eigenvalue weighted by Crippen LogP contribution is 2.23. The third kappa shape index (κ3) is 5.20. The summed E-state index contributed by atoms with van der Waals surface area (Å²) < 4.78 is 5.03. The van der Waals surface area contributed by atoms with Gasteiger partial charge in [-0.15, -0.1) is 0 Å². The minimum Gasteiger partial charge on any atom is -0.482 e. The lowest BCUT2D eigenvalue weighted by Gasteiger charge is -2.19. The van der Waals surface area contributed by atoms with Crippen molar-refractivity contribution in [1.29, 1.82) is 0 Å². The lowest BCUT2D eigenvalue weighted by atomic mass is 9.89. The fraction of sp³-hybridized carbons (Fsp3) is 0.438. The molecule has 0 aromatic heterocycles. The van der Waals surface area contributed by atoms with Gasteiger partial charge in [-0.1, -0.05) is 19.3 Å². The molecule has 1 fully saturated rings. The van der Waals surface area contributed by atoms with Crippen molar-refractivity contribution in [2.24, 2.45) is 11.0 Å². The minimum atomic E-state index is -1.02. The molecule has 0 saturated heterocycles. The van der Waals surface area contributed by atoms with Gasteiger partial charge in [0.2, 0.25) is 5.91 Å². The first-order valence-electron chi connectivity index (χ1n) is 7.43. The quantitative estimate of drug-likeness (QED) is 0.623. The molecule has 6 heteroatoms. The lowest BCUT2D eigenvalue weighted by molar-refractivity contribution is -0.139. The van der Waals surface area contributed by atoms with E-state index in [0.29, 0.717) is 5.75 Å². The topological polar surface area (TPSA) is 88.0 Å². The molecule has 1 amide bonds. The number of rotatable bonds is 6. The molecule has 1 aliphatic rings. The number of hydrogen-bond donors (Lipinski definition) is 2. The van der Waals surface area contributed by atoms with Crippen LogP contribution in [0.25, 0.3) is 0 Å². The number of hydrazone groups is 1. The van der Waals surface area contributed by atoms with Crippen LogP contribution in [0.4, 0.5) is 0 Å². The summed E-state index contributed by atoms with van der Waals surface area (Å²) in [4.78, 5) is 22.3. The molecular weight excluding hydrogens is 284 g/mol. The second kappa shape index (κ2) is 8.17. The smallest absolute Gasteiger partial charge is 0.341 e. The average molecular weight is 304 g/mol. The lowest BCUT2D eigenvalue weighted by Crippen LogP contribution is -2.28. The zero-order chi connectivity index (χ0) is 15.8. The Morgan fingerprint density at radius 3 is 2.55 bits per heavy atom. The molecule has 0 atom stereocenters. The number of nitrogens with zero attached hydrogens (tertiary/aromatic N) is 1. The van der Waals surface area contributed by atoms with Crippen LogP contribution in [0.1, 0.15) is 37.7 Å². The summed E-state index contributed by atoms with van der Waals surface area (Å²) in [6.45, 7) is -0.370. The van der Waals surface area contributed by atoms with E-state index in [1.54, 1.807) is 30.5 Å². The Kier molecular flexibility index (Phi) is 5.94. The van der Waals surface area contributed by atoms with Crippen LogP contribution in [0.2, 0.25) is 0 Å². The summed E-state index contributed by atoms with van der Waals surface area (Å²) >= 11 is 0. The maximum atomic E-state index is 11.9. The molecule has 0 heterocycles. The van der Waals surface area contributed by atoms with Gasteiger partial charge >= 0.3 is 5.97 Å². The Labute approximate surface area is 129 Å². The fourth-order valence-corrected chi connectivity index (χ4v) is 2.42. The molecule has 6 nitrogen and oxygen atoms in total. The SMILES string of the molecule is O=C(O)COc1ccc(/C=N\NC(=O)C2CCCCC2)cc1. The molecule has 118 valence electrons. The molecule has 0 spiro atoms. The molecule has 0 aliphatic heterocycles. The van der Waals surface area contributed by atoms with Crippen LogP contribution in [0.15, 0.2) is 29.4 Å². The van der Waals surface area contributed by atoms with Crippen molar-refractivity contribution in [3.05, 3.63) is 29.8 Å². The first kappa shape index (κ1) is 16.0. The van der Waals surface area contributed by atoms with Gasteiger partial charge in [-0.3, -0.25) is 4.79 Å². The van der Waals surface area contributed by atoms with Gasteiger partial charge in [0.1, 0.15) is 5.75 Å². The van der Waals surface area contributed by atoms with Gasteiger partial charge in [-0.25, -0.2) is 10.2 Å².